The Morgan fingerprint density at radius 3 is 2.42 bits per heavy atom. The van der Waals surface area contributed by atoms with E-state index in [1.807, 2.05) is 0 Å². The van der Waals surface area contributed by atoms with Gasteiger partial charge < -0.3 is 14.9 Å². The fourth-order valence-corrected chi connectivity index (χ4v) is 4.07. The third-order valence-electron chi connectivity index (χ3n) is 4.78. The van der Waals surface area contributed by atoms with E-state index in [1.165, 1.54) is 18.4 Å². The average molecular weight is 373 g/mol. The van der Waals surface area contributed by atoms with Crippen LogP contribution in [-0.4, -0.2) is 32.4 Å². The molecule has 1 rings (SSSR count). The monoisotopic (exact) mass is 372 g/mol. The molecule has 24 heavy (non-hydrogen) atoms. The number of hydrogen-bond donors (Lipinski definition) is 1. The van der Waals surface area contributed by atoms with Crippen LogP contribution in [0.3, 0.4) is 0 Å². The molecular weight excluding hydrogens is 340 g/mol. The lowest BCUT2D eigenvalue weighted by atomic mass is 9.99. The Morgan fingerprint density at radius 1 is 1.38 bits per heavy atom. The van der Waals surface area contributed by atoms with Crippen molar-refractivity contribution in [2.24, 2.45) is 11.7 Å². The van der Waals surface area contributed by atoms with Gasteiger partial charge in [-0.05, 0) is 30.5 Å². The highest BCUT2D eigenvalue weighted by Crippen LogP contribution is 2.41. The molecule has 0 saturated heterocycles. The number of thiazole rings is 1. The molecule has 0 bridgehead atoms. The van der Waals surface area contributed by atoms with Gasteiger partial charge in [-0.1, -0.05) is 34.6 Å². The molecule has 5 nitrogen and oxygen atoms in total. The molecule has 0 radical (unpaired) electrons. The highest BCUT2D eigenvalue weighted by molar-refractivity contribution is 7.09. The number of esters is 1. The fourth-order valence-electron chi connectivity index (χ4n) is 1.88. The lowest BCUT2D eigenvalue weighted by Gasteiger charge is -2.39. The van der Waals surface area contributed by atoms with Gasteiger partial charge in [-0.25, -0.2) is 9.78 Å². The number of methoxy groups -OCH3 is 1. The first-order chi connectivity index (χ1) is 10.9. The van der Waals surface area contributed by atoms with Crippen LogP contribution in [0.2, 0.25) is 18.1 Å². The number of carbonyl (C=O) groups excluding carboxylic acids is 1. The lowest BCUT2D eigenvalue weighted by molar-refractivity contribution is 0.0594. The number of carbonyl (C=O) groups is 1. The molecule has 138 valence electrons. The summed E-state index contributed by atoms with van der Waals surface area (Å²) in [6, 6.07) is 0.0187. The Morgan fingerprint density at radius 2 is 1.96 bits per heavy atom. The Labute approximate surface area is 151 Å². The highest BCUT2D eigenvalue weighted by Gasteiger charge is 2.40. The minimum Gasteiger partial charge on any atom is -0.464 e. The number of ether oxygens (including phenoxy) is 1. The van der Waals surface area contributed by atoms with Crippen LogP contribution in [0.1, 0.15) is 62.6 Å². The third kappa shape index (κ3) is 5.37. The molecule has 0 saturated carbocycles. The van der Waals surface area contributed by atoms with E-state index in [9.17, 15) is 4.79 Å². The van der Waals surface area contributed by atoms with Crippen molar-refractivity contribution in [3.05, 3.63) is 16.1 Å². The smallest absolute Gasteiger partial charge is 0.357 e. The molecular formula is C17H32N2O3SSi. The normalized spacial score (nSPS) is 15.4. The lowest BCUT2D eigenvalue weighted by Crippen LogP contribution is -2.43. The molecule has 0 aliphatic rings. The van der Waals surface area contributed by atoms with E-state index in [0.717, 1.165) is 5.01 Å². The summed E-state index contributed by atoms with van der Waals surface area (Å²) in [4.78, 5) is 16.1. The molecule has 2 atom stereocenters. The van der Waals surface area contributed by atoms with Gasteiger partial charge in [0.2, 0.25) is 0 Å². The Bertz CT molecular complexity index is 552. The summed E-state index contributed by atoms with van der Waals surface area (Å²) in [6.45, 7) is 15.3. The summed E-state index contributed by atoms with van der Waals surface area (Å²) in [7, 11) is -0.623. The van der Waals surface area contributed by atoms with Gasteiger partial charge in [-0.2, -0.15) is 0 Å². The Kier molecular flexibility index (Phi) is 7.16. The van der Waals surface area contributed by atoms with Crippen LogP contribution in [0.15, 0.2) is 5.38 Å². The predicted octanol–water partition coefficient (Wildman–Crippen LogP) is 4.37. The van der Waals surface area contributed by atoms with Crippen LogP contribution < -0.4 is 5.73 Å². The Hall–Kier alpha value is -0.763. The van der Waals surface area contributed by atoms with Crippen molar-refractivity contribution in [3.8, 4) is 0 Å². The van der Waals surface area contributed by atoms with Gasteiger partial charge >= 0.3 is 5.97 Å². The van der Waals surface area contributed by atoms with Crippen LogP contribution in [0.5, 0.6) is 0 Å². The first kappa shape index (κ1) is 21.3. The quantitative estimate of drug-likeness (QED) is 0.568. The molecule has 2 unspecified atom stereocenters. The van der Waals surface area contributed by atoms with Crippen LogP contribution in [-0.2, 0) is 9.16 Å². The molecule has 0 spiro atoms. The summed E-state index contributed by atoms with van der Waals surface area (Å²) in [5.74, 6) is -0.0627. The van der Waals surface area contributed by atoms with Gasteiger partial charge in [-0.3, -0.25) is 0 Å². The van der Waals surface area contributed by atoms with E-state index < -0.39 is 14.3 Å². The molecule has 1 heterocycles. The molecule has 2 N–H and O–H groups in total. The second-order valence-corrected chi connectivity index (χ2v) is 13.7. The maximum absolute atomic E-state index is 11.7. The largest absolute Gasteiger partial charge is 0.464 e. The van der Waals surface area contributed by atoms with Crippen LogP contribution in [0.25, 0.3) is 0 Å². The summed E-state index contributed by atoms with van der Waals surface area (Å²) >= 11 is 1.44. The standard InChI is InChI=1S/C17H32N2O3SSi/c1-11(2)12(18)9-14(22-24(7,8)17(3,4)5)15-19-13(10-23-15)16(20)21-6/h10-12,14H,9,18H2,1-8H3. The number of nitrogens with two attached hydrogens (primary N) is 1. The first-order valence-electron chi connectivity index (χ1n) is 8.36. The van der Waals surface area contributed by atoms with Gasteiger partial charge in [0, 0.05) is 11.4 Å². The van der Waals surface area contributed by atoms with Crippen LogP contribution in [0, 0.1) is 5.92 Å². The van der Waals surface area contributed by atoms with Crippen molar-refractivity contribution < 1.29 is 14.0 Å². The zero-order valence-electron chi connectivity index (χ0n) is 16.2. The average Bonchev–Trinajstić information content (AvgIpc) is 2.93. The molecule has 7 heteroatoms. The van der Waals surface area contributed by atoms with Crippen molar-refractivity contribution >= 4 is 25.6 Å². The molecule has 0 amide bonds. The van der Waals surface area contributed by atoms with E-state index in [4.69, 9.17) is 14.9 Å². The SMILES string of the molecule is COC(=O)c1csc(C(CC(N)C(C)C)O[Si](C)(C)C(C)(C)C)n1. The van der Waals surface area contributed by atoms with Crippen molar-refractivity contribution in [1.29, 1.82) is 0 Å². The number of hydrogen-bond acceptors (Lipinski definition) is 6. The fraction of sp³-hybridized carbons (Fsp3) is 0.765. The maximum atomic E-state index is 11.7. The summed E-state index contributed by atoms with van der Waals surface area (Å²) < 4.78 is 11.3. The molecule has 0 aliphatic carbocycles. The second-order valence-electron chi connectivity index (χ2n) is 8.07. The summed E-state index contributed by atoms with van der Waals surface area (Å²) in [6.07, 6.45) is 0.505. The molecule has 0 aliphatic heterocycles. The van der Waals surface area contributed by atoms with Crippen molar-refractivity contribution in [3.63, 3.8) is 0 Å². The van der Waals surface area contributed by atoms with Crippen LogP contribution in [0.4, 0.5) is 0 Å². The number of rotatable bonds is 7. The second kappa shape index (κ2) is 8.08. The van der Waals surface area contributed by atoms with Crippen molar-refractivity contribution in [1.82, 2.24) is 4.98 Å². The van der Waals surface area contributed by atoms with E-state index in [1.54, 1.807) is 5.38 Å². The first-order valence-corrected chi connectivity index (χ1v) is 12.1. The topological polar surface area (TPSA) is 74.4 Å². The van der Waals surface area contributed by atoms with E-state index in [-0.39, 0.29) is 17.2 Å². The summed E-state index contributed by atoms with van der Waals surface area (Å²) in [5.41, 5.74) is 6.63. The molecule has 0 aromatic carbocycles. The maximum Gasteiger partial charge on any atom is 0.357 e. The molecule has 0 fully saturated rings. The van der Waals surface area contributed by atoms with E-state index in [2.05, 4.69) is 52.7 Å². The van der Waals surface area contributed by atoms with Crippen LogP contribution >= 0.6 is 11.3 Å². The zero-order chi connectivity index (χ0) is 18.7. The zero-order valence-corrected chi connectivity index (χ0v) is 18.0. The van der Waals surface area contributed by atoms with Gasteiger partial charge in [0.25, 0.3) is 0 Å². The van der Waals surface area contributed by atoms with Gasteiger partial charge in [0.15, 0.2) is 14.0 Å². The van der Waals surface area contributed by atoms with Crippen molar-refractivity contribution in [2.75, 3.05) is 7.11 Å². The molecule has 1 aromatic rings. The van der Waals surface area contributed by atoms with Gasteiger partial charge in [0.1, 0.15) is 5.01 Å². The Balaban J connectivity index is 3.10. The van der Waals surface area contributed by atoms with Crippen molar-refractivity contribution in [2.45, 2.75) is 71.3 Å². The number of aromatic nitrogens is 1. The minimum absolute atomic E-state index is 0.0187. The minimum atomic E-state index is -1.98. The van der Waals surface area contributed by atoms with Gasteiger partial charge in [-0.15, -0.1) is 11.3 Å². The third-order valence-corrected chi connectivity index (χ3v) is 10.2. The molecule has 1 aromatic heterocycles. The van der Waals surface area contributed by atoms with Gasteiger partial charge in [0.05, 0.1) is 13.2 Å². The van der Waals surface area contributed by atoms with E-state index >= 15 is 0 Å². The number of nitrogens with zero attached hydrogens (tertiary/aromatic N) is 1. The highest BCUT2D eigenvalue weighted by atomic mass is 32.1. The summed E-state index contributed by atoms with van der Waals surface area (Å²) in [5, 5.41) is 2.62. The predicted molar refractivity (Wildman–Crippen MR) is 102 cm³/mol. The van der Waals surface area contributed by atoms with E-state index in [0.29, 0.717) is 18.0 Å².